The number of aryl methyl sites for hydroxylation is 1. The van der Waals surface area contributed by atoms with Gasteiger partial charge in [0.25, 0.3) is 10.0 Å². The molecule has 0 bridgehead atoms. The zero-order valence-corrected chi connectivity index (χ0v) is 29.9. The average molecular weight is 739 g/mol. The zero-order chi connectivity index (χ0) is 35.9. The van der Waals surface area contributed by atoms with Gasteiger partial charge in [-0.2, -0.15) is 21.6 Å². The van der Waals surface area contributed by atoms with Gasteiger partial charge in [-0.3, -0.25) is 0 Å². The summed E-state index contributed by atoms with van der Waals surface area (Å²) in [6.07, 6.45) is 1.60. The van der Waals surface area contributed by atoms with Crippen LogP contribution in [0.3, 0.4) is 0 Å². The van der Waals surface area contributed by atoms with Gasteiger partial charge in [0.1, 0.15) is 18.0 Å². The average Bonchev–Trinajstić information content (AvgIpc) is 3.78. The van der Waals surface area contributed by atoms with Crippen LogP contribution in [0.2, 0.25) is 5.02 Å². The highest BCUT2D eigenvalue weighted by atomic mass is 35.5. The van der Waals surface area contributed by atoms with Gasteiger partial charge in [-0.25, -0.2) is 15.0 Å². The number of halogens is 4. The molecule has 51 heavy (non-hydrogen) atoms. The summed E-state index contributed by atoms with van der Waals surface area (Å²) in [5.41, 5.74) is 2.18. The Morgan fingerprint density at radius 3 is 2.47 bits per heavy atom. The number of likely N-dealkylation sites (tertiary alicyclic amines) is 1. The van der Waals surface area contributed by atoms with Crippen molar-refractivity contribution < 1.29 is 21.6 Å². The number of benzene rings is 3. The molecule has 5 aromatic rings. The largest absolute Gasteiger partial charge is 0.416 e. The standard InChI is InChI=1S/C36H38ClF3N8O2S/c1-45-19-5-8-26(45)13-16-33-42-30-22-47(31-10-4-7-24-6-3-9-29(37)34(24)31)21-17-28(30)35(43-33)46(2)20-18-32-41-23-48(44-32)51(49,50)27-14-11-25(12-15-27)36(38,39)40/h3-4,6-7,9-12,14-15,23,26H,5,8,13,16-22H2,1-2H3/t26-/m0/s1. The number of aromatic nitrogens is 5. The Hall–Kier alpha value is -4.27. The van der Waals surface area contributed by atoms with Crippen molar-refractivity contribution >= 4 is 43.9 Å². The number of alkyl halides is 3. The molecule has 0 saturated carbocycles. The second-order valence-corrected chi connectivity index (χ2v) is 15.4. The summed E-state index contributed by atoms with van der Waals surface area (Å²) in [5, 5.41) is 6.98. The first-order valence-electron chi connectivity index (χ1n) is 16.9. The molecule has 7 rings (SSSR count). The molecule has 268 valence electrons. The molecule has 0 spiro atoms. The summed E-state index contributed by atoms with van der Waals surface area (Å²) in [6.45, 7) is 2.90. The summed E-state index contributed by atoms with van der Waals surface area (Å²) in [6, 6.07) is 16.0. The minimum absolute atomic E-state index is 0.281. The molecule has 4 heterocycles. The van der Waals surface area contributed by atoms with Gasteiger partial charge in [0.05, 0.1) is 27.7 Å². The Balaban J connectivity index is 1.12. The third-order valence-corrected chi connectivity index (χ3v) is 11.8. The number of fused-ring (bicyclic) bond motifs is 2. The van der Waals surface area contributed by atoms with E-state index in [0.29, 0.717) is 34.7 Å². The Morgan fingerprint density at radius 2 is 1.75 bits per heavy atom. The number of hydrogen-bond acceptors (Lipinski definition) is 9. The van der Waals surface area contributed by atoms with Crippen molar-refractivity contribution in [3.8, 4) is 0 Å². The van der Waals surface area contributed by atoms with E-state index in [-0.39, 0.29) is 10.7 Å². The van der Waals surface area contributed by atoms with Gasteiger partial charge in [-0.1, -0.05) is 35.9 Å². The first-order chi connectivity index (χ1) is 24.4. The van der Waals surface area contributed by atoms with Crippen LogP contribution in [0.1, 0.15) is 47.7 Å². The van der Waals surface area contributed by atoms with Crippen molar-refractivity contribution in [3.63, 3.8) is 0 Å². The third-order valence-electron chi connectivity index (χ3n) is 9.91. The number of rotatable bonds is 10. The van der Waals surface area contributed by atoms with Crippen LogP contribution in [0.25, 0.3) is 10.8 Å². The minimum Gasteiger partial charge on any atom is -0.365 e. The van der Waals surface area contributed by atoms with Crippen molar-refractivity contribution in [2.75, 3.05) is 43.5 Å². The van der Waals surface area contributed by atoms with E-state index < -0.39 is 21.8 Å². The van der Waals surface area contributed by atoms with E-state index in [4.69, 9.17) is 21.6 Å². The van der Waals surface area contributed by atoms with Gasteiger partial charge in [-0.15, -0.1) is 9.19 Å². The van der Waals surface area contributed by atoms with Gasteiger partial charge in [0, 0.05) is 55.7 Å². The molecular weight excluding hydrogens is 701 g/mol. The monoisotopic (exact) mass is 738 g/mol. The molecule has 1 fully saturated rings. The predicted molar refractivity (Wildman–Crippen MR) is 191 cm³/mol. The fraction of sp³-hybridized carbons (Fsp3) is 0.389. The van der Waals surface area contributed by atoms with Crippen LogP contribution in [0.5, 0.6) is 0 Å². The molecule has 0 radical (unpaired) electrons. The molecule has 0 aliphatic carbocycles. The lowest BCUT2D eigenvalue weighted by Gasteiger charge is -2.33. The Labute approximate surface area is 299 Å². The first kappa shape index (κ1) is 35.1. The molecular formula is C36H38ClF3N8O2S. The second kappa shape index (κ2) is 14.0. The molecule has 2 aromatic heterocycles. The van der Waals surface area contributed by atoms with Crippen LogP contribution in [-0.4, -0.2) is 77.2 Å². The number of likely N-dealkylation sites (N-methyl/N-ethyl adjacent to an activating group) is 1. The molecule has 0 unspecified atom stereocenters. The molecule has 0 N–H and O–H groups in total. The van der Waals surface area contributed by atoms with Gasteiger partial charge in [0.15, 0.2) is 5.82 Å². The number of hydrogen-bond donors (Lipinski definition) is 0. The predicted octanol–water partition coefficient (Wildman–Crippen LogP) is 6.40. The Bertz CT molecular complexity index is 2160. The van der Waals surface area contributed by atoms with Crippen molar-refractivity contribution in [1.29, 1.82) is 0 Å². The highest BCUT2D eigenvalue weighted by molar-refractivity contribution is 7.89. The summed E-state index contributed by atoms with van der Waals surface area (Å²) in [4.78, 5) is 20.9. The fourth-order valence-electron chi connectivity index (χ4n) is 7.08. The number of nitrogens with zero attached hydrogens (tertiary/aromatic N) is 8. The normalized spacial score (nSPS) is 16.9. The van der Waals surface area contributed by atoms with Crippen LogP contribution in [-0.2, 0) is 42.0 Å². The lowest BCUT2D eigenvalue weighted by Crippen LogP contribution is -2.34. The van der Waals surface area contributed by atoms with E-state index in [0.717, 1.165) is 109 Å². The summed E-state index contributed by atoms with van der Waals surface area (Å²) in [7, 11) is -0.109. The highest BCUT2D eigenvalue weighted by Gasteiger charge is 2.31. The lowest BCUT2D eigenvalue weighted by atomic mass is 10.0. The third kappa shape index (κ3) is 7.26. The van der Waals surface area contributed by atoms with E-state index in [1.807, 2.05) is 24.1 Å². The van der Waals surface area contributed by atoms with Crippen molar-refractivity contribution in [2.24, 2.45) is 0 Å². The SMILES string of the molecule is CN(CCc1ncn(S(=O)(=O)c2ccc(C(F)(F)F)cc2)n1)c1nc(CC[C@@H]2CCCN2C)nc2c1CCN(c1cccc3cccc(Cl)c13)C2. The fourth-order valence-corrected chi connectivity index (χ4v) is 8.43. The first-order valence-corrected chi connectivity index (χ1v) is 18.8. The highest BCUT2D eigenvalue weighted by Crippen LogP contribution is 2.37. The van der Waals surface area contributed by atoms with Crippen LogP contribution in [0, 0.1) is 0 Å². The Morgan fingerprint density at radius 1 is 0.980 bits per heavy atom. The molecule has 0 amide bonds. The van der Waals surface area contributed by atoms with Crippen LogP contribution in [0.15, 0.2) is 71.9 Å². The van der Waals surface area contributed by atoms with Gasteiger partial charge in [0.2, 0.25) is 0 Å². The number of anilines is 2. The second-order valence-electron chi connectivity index (χ2n) is 13.2. The van der Waals surface area contributed by atoms with Gasteiger partial charge in [-0.05, 0) is 81.1 Å². The maximum atomic E-state index is 13.1. The molecule has 3 aromatic carbocycles. The molecule has 1 atom stereocenters. The van der Waals surface area contributed by atoms with Crippen LogP contribution >= 0.6 is 11.6 Å². The summed E-state index contributed by atoms with van der Waals surface area (Å²) in [5.74, 6) is 1.91. The quantitative estimate of drug-likeness (QED) is 0.161. The van der Waals surface area contributed by atoms with Crippen LogP contribution in [0.4, 0.5) is 24.7 Å². The topological polar surface area (TPSA) is 100 Å². The van der Waals surface area contributed by atoms with E-state index in [9.17, 15) is 21.6 Å². The van der Waals surface area contributed by atoms with Crippen molar-refractivity contribution in [1.82, 2.24) is 29.0 Å². The molecule has 2 aliphatic rings. The maximum absolute atomic E-state index is 13.1. The molecule has 10 nitrogen and oxygen atoms in total. The molecule has 2 aliphatic heterocycles. The van der Waals surface area contributed by atoms with E-state index in [1.54, 1.807) is 0 Å². The summed E-state index contributed by atoms with van der Waals surface area (Å²) < 4.78 is 65.9. The van der Waals surface area contributed by atoms with E-state index >= 15 is 0 Å². The van der Waals surface area contributed by atoms with E-state index in [1.165, 1.54) is 6.42 Å². The minimum atomic E-state index is -4.57. The van der Waals surface area contributed by atoms with Gasteiger partial charge < -0.3 is 14.7 Å². The maximum Gasteiger partial charge on any atom is 0.416 e. The zero-order valence-electron chi connectivity index (χ0n) is 28.3. The van der Waals surface area contributed by atoms with Crippen LogP contribution < -0.4 is 9.80 Å². The summed E-state index contributed by atoms with van der Waals surface area (Å²) >= 11 is 6.71. The molecule has 1 saturated heterocycles. The van der Waals surface area contributed by atoms with Crippen molar-refractivity contribution in [3.05, 3.63) is 100 Å². The Kier molecular flexibility index (Phi) is 9.67. The lowest BCUT2D eigenvalue weighted by molar-refractivity contribution is -0.137. The van der Waals surface area contributed by atoms with Crippen molar-refractivity contribution in [2.45, 2.75) is 62.2 Å². The van der Waals surface area contributed by atoms with E-state index in [2.05, 4.69) is 51.2 Å². The van der Waals surface area contributed by atoms with Gasteiger partial charge >= 0.3 is 6.18 Å². The molecule has 15 heteroatoms. The smallest absolute Gasteiger partial charge is 0.365 e.